The molecule has 0 spiro atoms. The predicted molar refractivity (Wildman–Crippen MR) is 76.1 cm³/mol. The molecule has 0 aliphatic carbocycles. The van der Waals surface area contributed by atoms with Crippen molar-refractivity contribution < 1.29 is 19.1 Å². The minimum absolute atomic E-state index is 0.158. The van der Waals surface area contributed by atoms with Crippen LogP contribution in [0.2, 0.25) is 0 Å². The lowest BCUT2D eigenvalue weighted by Crippen LogP contribution is -2.32. The van der Waals surface area contributed by atoms with Crippen LogP contribution >= 0.6 is 11.8 Å². The fourth-order valence-corrected chi connectivity index (χ4v) is 2.29. The number of carbonyl (C=O) groups excluding carboxylic acids is 2. The lowest BCUT2D eigenvalue weighted by molar-refractivity contribution is -0.136. The Labute approximate surface area is 121 Å². The predicted octanol–water partition coefficient (Wildman–Crippen LogP) is 2.09. The number of esters is 1. The minimum Gasteiger partial charge on any atom is -0.464 e. The van der Waals surface area contributed by atoms with Crippen LogP contribution in [0.15, 0.2) is 41.6 Å². The largest absolute Gasteiger partial charge is 0.464 e. The van der Waals surface area contributed by atoms with E-state index in [0.717, 1.165) is 22.6 Å². The van der Waals surface area contributed by atoms with Crippen LogP contribution in [-0.4, -0.2) is 30.7 Å². The quantitative estimate of drug-likeness (QED) is 0.680. The van der Waals surface area contributed by atoms with E-state index in [9.17, 15) is 9.59 Å². The first-order chi connectivity index (χ1) is 9.70. The summed E-state index contributed by atoms with van der Waals surface area (Å²) in [7, 11) is 1.28. The monoisotopic (exact) mass is 293 g/mol. The molecule has 0 unspecified atom stereocenters. The van der Waals surface area contributed by atoms with Gasteiger partial charge in [0.15, 0.2) is 0 Å². The van der Waals surface area contributed by atoms with Crippen LogP contribution in [-0.2, 0) is 20.9 Å². The molecule has 1 aromatic rings. The highest BCUT2D eigenvalue weighted by Gasteiger charge is 2.23. The van der Waals surface area contributed by atoms with Crippen LogP contribution in [0, 0.1) is 0 Å². The lowest BCUT2D eigenvalue weighted by atomic mass is 10.2. The van der Waals surface area contributed by atoms with Crippen molar-refractivity contribution in [1.82, 2.24) is 5.32 Å². The third-order valence-corrected chi connectivity index (χ3v) is 3.84. The first-order valence-corrected chi connectivity index (χ1v) is 7.22. The van der Waals surface area contributed by atoms with E-state index in [-0.39, 0.29) is 12.3 Å². The Morgan fingerprint density at radius 2 is 1.95 bits per heavy atom. The number of carbonyl (C=O) groups is 2. The molecule has 0 aromatic heterocycles. The smallest absolute Gasteiger partial charge is 0.412 e. The van der Waals surface area contributed by atoms with Gasteiger partial charge in [-0.15, -0.1) is 0 Å². The number of ether oxygens (including phenoxy) is 2. The molecule has 0 bridgehead atoms. The lowest BCUT2D eigenvalue weighted by Gasteiger charge is -2.20. The molecule has 1 aliphatic rings. The molecule has 20 heavy (non-hydrogen) atoms. The Balaban J connectivity index is 1.91. The number of alkyl carbamates (subject to hydrolysis) is 1. The SMILES string of the molecule is COC(=O)C(NC(=O)OCc1ccccc1)=C1CSC1. The van der Waals surface area contributed by atoms with E-state index < -0.39 is 12.1 Å². The number of nitrogens with one attached hydrogen (secondary N) is 1. The number of thioether (sulfide) groups is 1. The zero-order chi connectivity index (χ0) is 14.4. The van der Waals surface area contributed by atoms with E-state index in [1.165, 1.54) is 7.11 Å². The minimum atomic E-state index is -0.654. The Kier molecular flexibility index (Phi) is 5.06. The summed E-state index contributed by atoms with van der Waals surface area (Å²) in [5, 5.41) is 2.47. The standard InChI is InChI=1S/C14H15NO4S/c1-18-13(16)12(11-8-20-9-11)15-14(17)19-7-10-5-3-2-4-6-10/h2-6H,7-9H2,1H3,(H,15,17). The normalized spacial score (nSPS) is 13.2. The van der Waals surface area contributed by atoms with E-state index in [4.69, 9.17) is 4.74 Å². The molecular weight excluding hydrogens is 278 g/mol. The van der Waals surface area contributed by atoms with Crippen LogP contribution in [0.5, 0.6) is 0 Å². The summed E-state index contributed by atoms with van der Waals surface area (Å²) in [4.78, 5) is 23.3. The maximum absolute atomic E-state index is 11.7. The van der Waals surface area contributed by atoms with Crippen molar-refractivity contribution in [2.75, 3.05) is 18.6 Å². The van der Waals surface area contributed by atoms with Crippen molar-refractivity contribution in [2.24, 2.45) is 0 Å². The number of hydrogen-bond acceptors (Lipinski definition) is 5. The maximum atomic E-state index is 11.7. The van der Waals surface area contributed by atoms with E-state index in [1.54, 1.807) is 11.8 Å². The van der Waals surface area contributed by atoms with Crippen LogP contribution in [0.1, 0.15) is 5.56 Å². The molecule has 1 amide bonds. The highest BCUT2D eigenvalue weighted by molar-refractivity contribution is 8.01. The molecule has 1 fully saturated rings. The first kappa shape index (κ1) is 14.5. The van der Waals surface area contributed by atoms with Gasteiger partial charge in [0.2, 0.25) is 0 Å². The highest BCUT2D eigenvalue weighted by atomic mass is 32.2. The van der Waals surface area contributed by atoms with Gasteiger partial charge in [0, 0.05) is 11.5 Å². The van der Waals surface area contributed by atoms with Crippen molar-refractivity contribution >= 4 is 23.8 Å². The summed E-state index contributed by atoms with van der Waals surface area (Å²) < 4.78 is 9.73. The molecule has 0 radical (unpaired) electrons. The summed E-state index contributed by atoms with van der Waals surface area (Å²) >= 11 is 1.68. The van der Waals surface area contributed by atoms with Gasteiger partial charge >= 0.3 is 12.1 Å². The molecule has 106 valence electrons. The zero-order valence-corrected chi connectivity index (χ0v) is 11.9. The summed E-state index contributed by atoms with van der Waals surface area (Å²) in [5.74, 6) is 0.907. The topological polar surface area (TPSA) is 64.6 Å². The Morgan fingerprint density at radius 3 is 2.50 bits per heavy atom. The Bertz CT molecular complexity index is 521. The molecule has 1 saturated heterocycles. The van der Waals surface area contributed by atoms with Gasteiger partial charge < -0.3 is 9.47 Å². The van der Waals surface area contributed by atoms with E-state index in [0.29, 0.717) is 0 Å². The van der Waals surface area contributed by atoms with Gasteiger partial charge in [0.1, 0.15) is 12.3 Å². The second-order valence-electron chi connectivity index (χ2n) is 4.15. The van der Waals surface area contributed by atoms with Crippen molar-refractivity contribution in [3.63, 3.8) is 0 Å². The molecule has 0 saturated carbocycles. The average molecular weight is 293 g/mol. The number of hydrogen-bond donors (Lipinski definition) is 1. The first-order valence-electron chi connectivity index (χ1n) is 6.06. The van der Waals surface area contributed by atoms with Crippen molar-refractivity contribution in [3.05, 3.63) is 47.2 Å². The van der Waals surface area contributed by atoms with E-state index in [1.807, 2.05) is 30.3 Å². The number of rotatable bonds is 4. The van der Waals surface area contributed by atoms with Crippen LogP contribution in [0.25, 0.3) is 0 Å². The van der Waals surface area contributed by atoms with Gasteiger partial charge in [-0.2, -0.15) is 11.8 Å². The molecule has 1 aromatic carbocycles. The molecule has 2 rings (SSSR count). The second kappa shape index (κ2) is 7.00. The third-order valence-electron chi connectivity index (χ3n) is 2.74. The summed E-state index contributed by atoms with van der Waals surface area (Å²) in [6.45, 7) is 0.158. The van der Waals surface area contributed by atoms with Crippen LogP contribution < -0.4 is 5.32 Å². The van der Waals surface area contributed by atoms with Gasteiger partial charge in [-0.1, -0.05) is 30.3 Å². The van der Waals surface area contributed by atoms with E-state index >= 15 is 0 Å². The molecule has 1 aliphatic heterocycles. The number of methoxy groups -OCH3 is 1. The van der Waals surface area contributed by atoms with E-state index in [2.05, 4.69) is 10.1 Å². The molecule has 5 nitrogen and oxygen atoms in total. The van der Waals surface area contributed by atoms with Gasteiger partial charge in [0.05, 0.1) is 7.11 Å². The Morgan fingerprint density at radius 1 is 1.25 bits per heavy atom. The fraction of sp³-hybridized carbons (Fsp3) is 0.286. The second-order valence-corrected chi connectivity index (χ2v) is 5.14. The fourth-order valence-electron chi connectivity index (χ4n) is 1.60. The summed E-state index contributed by atoms with van der Waals surface area (Å²) in [6, 6.07) is 9.33. The summed E-state index contributed by atoms with van der Waals surface area (Å²) in [6.07, 6.45) is -0.654. The van der Waals surface area contributed by atoms with Crippen molar-refractivity contribution in [1.29, 1.82) is 0 Å². The van der Waals surface area contributed by atoms with Gasteiger partial charge in [0.25, 0.3) is 0 Å². The average Bonchev–Trinajstić information content (AvgIpc) is 2.43. The zero-order valence-electron chi connectivity index (χ0n) is 11.0. The van der Waals surface area contributed by atoms with Crippen LogP contribution in [0.3, 0.4) is 0 Å². The van der Waals surface area contributed by atoms with Crippen molar-refractivity contribution in [3.8, 4) is 0 Å². The van der Waals surface area contributed by atoms with Gasteiger partial charge in [-0.25, -0.2) is 9.59 Å². The highest BCUT2D eigenvalue weighted by Crippen LogP contribution is 2.26. The van der Waals surface area contributed by atoms with Gasteiger partial charge in [-0.3, -0.25) is 5.32 Å². The summed E-state index contributed by atoms with van der Waals surface area (Å²) in [5.41, 5.74) is 1.96. The van der Waals surface area contributed by atoms with Gasteiger partial charge in [-0.05, 0) is 11.1 Å². The number of amides is 1. The number of benzene rings is 1. The Hall–Kier alpha value is -1.95. The third kappa shape index (κ3) is 3.77. The molecule has 1 heterocycles. The molecule has 6 heteroatoms. The molecule has 0 atom stereocenters. The van der Waals surface area contributed by atoms with Crippen molar-refractivity contribution in [2.45, 2.75) is 6.61 Å². The maximum Gasteiger partial charge on any atom is 0.412 e. The molecular formula is C14H15NO4S. The molecule has 1 N–H and O–H groups in total. The van der Waals surface area contributed by atoms with Crippen LogP contribution in [0.4, 0.5) is 4.79 Å².